The molecule has 2 amide bonds. The lowest BCUT2D eigenvalue weighted by Gasteiger charge is -2.48. The lowest BCUT2D eigenvalue weighted by molar-refractivity contribution is -0.150. The number of hydrogen-bond donors (Lipinski definition) is 3. The Balaban J connectivity index is 1.71. The SMILES string of the molecule is N[C@@H](C(=O)N[C@@H]1C(=O)N2C(C(=O)O)=C(Cl)CS[C@@H]12)c1ccccc1. The Kier molecular flexibility index (Phi) is 4.53. The molecule has 1 fully saturated rings. The van der Waals surface area contributed by atoms with E-state index in [-0.39, 0.29) is 16.5 Å². The highest BCUT2D eigenvalue weighted by molar-refractivity contribution is 8.00. The number of carboxylic acids is 1. The fourth-order valence-corrected chi connectivity index (χ4v) is 4.19. The molecule has 126 valence electrons. The first-order valence-corrected chi connectivity index (χ1v) is 8.52. The van der Waals surface area contributed by atoms with Crippen LogP contribution in [0.5, 0.6) is 0 Å². The van der Waals surface area contributed by atoms with E-state index in [9.17, 15) is 19.5 Å². The second-order valence-electron chi connectivity index (χ2n) is 5.34. The van der Waals surface area contributed by atoms with Gasteiger partial charge >= 0.3 is 5.97 Å². The molecule has 1 aromatic carbocycles. The van der Waals surface area contributed by atoms with E-state index in [0.717, 1.165) is 4.90 Å². The summed E-state index contributed by atoms with van der Waals surface area (Å²) in [5, 5.41) is 11.4. The molecule has 0 bridgehead atoms. The molecule has 3 rings (SSSR count). The van der Waals surface area contributed by atoms with Crippen LogP contribution in [0.2, 0.25) is 0 Å². The standard InChI is InChI=1S/C15H14ClN3O4S/c16-8-6-24-14-10(13(21)19(14)11(8)15(22)23)18-12(20)9(17)7-4-2-1-3-5-7/h1-5,9-10,14H,6,17H2,(H,18,20)(H,22,23)/t9-,10-,14+/m1/s1. The maximum absolute atomic E-state index is 12.3. The van der Waals surface area contributed by atoms with Crippen molar-refractivity contribution < 1.29 is 19.5 Å². The molecule has 9 heteroatoms. The number of benzene rings is 1. The van der Waals surface area contributed by atoms with Crippen LogP contribution in [0.15, 0.2) is 41.1 Å². The van der Waals surface area contributed by atoms with Crippen LogP contribution >= 0.6 is 23.4 Å². The summed E-state index contributed by atoms with van der Waals surface area (Å²) in [4.78, 5) is 36.9. The molecule has 1 aromatic rings. The number of nitrogens with one attached hydrogen (secondary N) is 1. The Morgan fingerprint density at radius 2 is 2.04 bits per heavy atom. The first kappa shape index (κ1) is 16.8. The number of carbonyl (C=O) groups excluding carboxylic acids is 2. The van der Waals surface area contributed by atoms with E-state index in [2.05, 4.69) is 5.32 Å². The number of aliphatic carboxylic acids is 1. The molecular formula is C15H14ClN3O4S. The maximum Gasteiger partial charge on any atom is 0.353 e. The monoisotopic (exact) mass is 367 g/mol. The van der Waals surface area contributed by atoms with E-state index in [0.29, 0.717) is 5.56 Å². The Hall–Kier alpha value is -2.03. The van der Waals surface area contributed by atoms with Crippen LogP contribution in [-0.4, -0.2) is 45.0 Å². The zero-order chi connectivity index (χ0) is 17.4. The number of fused-ring (bicyclic) bond motifs is 1. The van der Waals surface area contributed by atoms with E-state index >= 15 is 0 Å². The van der Waals surface area contributed by atoms with Crippen LogP contribution in [-0.2, 0) is 14.4 Å². The Bertz CT molecular complexity index is 739. The molecule has 0 spiro atoms. The van der Waals surface area contributed by atoms with Crippen LogP contribution < -0.4 is 11.1 Å². The van der Waals surface area contributed by atoms with E-state index in [4.69, 9.17) is 17.3 Å². The zero-order valence-corrected chi connectivity index (χ0v) is 13.9. The van der Waals surface area contributed by atoms with Crippen molar-refractivity contribution in [1.82, 2.24) is 10.2 Å². The van der Waals surface area contributed by atoms with Crippen molar-refractivity contribution in [3.05, 3.63) is 46.6 Å². The molecule has 3 atom stereocenters. The smallest absolute Gasteiger partial charge is 0.353 e. The van der Waals surface area contributed by atoms with Crippen LogP contribution in [0, 0.1) is 0 Å². The second kappa shape index (κ2) is 6.46. The van der Waals surface area contributed by atoms with Crippen molar-refractivity contribution in [2.45, 2.75) is 17.5 Å². The summed E-state index contributed by atoms with van der Waals surface area (Å²) < 4.78 is 0. The predicted octanol–water partition coefficient (Wildman–Crippen LogP) is 0.621. The number of nitrogens with two attached hydrogens (primary N) is 1. The van der Waals surface area contributed by atoms with Crippen molar-refractivity contribution in [3.8, 4) is 0 Å². The van der Waals surface area contributed by atoms with Gasteiger partial charge in [0.25, 0.3) is 5.91 Å². The number of nitrogens with zero attached hydrogens (tertiary/aromatic N) is 1. The fraction of sp³-hybridized carbons (Fsp3) is 0.267. The molecule has 24 heavy (non-hydrogen) atoms. The molecule has 0 saturated carbocycles. The Labute approximate surface area is 146 Å². The molecule has 7 nitrogen and oxygen atoms in total. The van der Waals surface area contributed by atoms with Crippen molar-refractivity contribution in [1.29, 1.82) is 0 Å². The van der Waals surface area contributed by atoms with Gasteiger partial charge in [-0.1, -0.05) is 41.9 Å². The van der Waals surface area contributed by atoms with Crippen LogP contribution in [0.1, 0.15) is 11.6 Å². The zero-order valence-electron chi connectivity index (χ0n) is 12.3. The number of amides is 2. The van der Waals surface area contributed by atoms with Gasteiger partial charge in [-0.05, 0) is 5.56 Å². The van der Waals surface area contributed by atoms with Gasteiger partial charge < -0.3 is 16.2 Å². The molecule has 1 saturated heterocycles. The van der Waals surface area contributed by atoms with Crippen molar-refractivity contribution in [3.63, 3.8) is 0 Å². The predicted molar refractivity (Wildman–Crippen MR) is 88.9 cm³/mol. The molecule has 0 aromatic heterocycles. The normalized spacial score (nSPS) is 24.1. The molecule has 2 aliphatic heterocycles. The molecule has 2 aliphatic rings. The van der Waals surface area contributed by atoms with Gasteiger partial charge in [0, 0.05) is 5.75 Å². The maximum atomic E-state index is 12.3. The third kappa shape index (κ3) is 2.77. The molecule has 4 N–H and O–H groups in total. The number of β-lactam (4-membered cyclic amide) rings is 1. The minimum absolute atomic E-state index is 0.114. The highest BCUT2D eigenvalue weighted by Gasteiger charge is 2.54. The lowest BCUT2D eigenvalue weighted by Crippen LogP contribution is -2.70. The van der Waals surface area contributed by atoms with E-state index in [1.165, 1.54) is 11.8 Å². The highest BCUT2D eigenvalue weighted by Crippen LogP contribution is 2.41. The van der Waals surface area contributed by atoms with Gasteiger partial charge in [-0.15, -0.1) is 11.8 Å². The first-order valence-electron chi connectivity index (χ1n) is 7.09. The van der Waals surface area contributed by atoms with Gasteiger partial charge in [-0.25, -0.2) is 4.79 Å². The number of hydrogen-bond acceptors (Lipinski definition) is 5. The Morgan fingerprint density at radius 1 is 1.38 bits per heavy atom. The van der Waals surface area contributed by atoms with Crippen LogP contribution in [0.3, 0.4) is 0 Å². The van der Waals surface area contributed by atoms with Gasteiger partial charge in [-0.3, -0.25) is 14.5 Å². The summed E-state index contributed by atoms with van der Waals surface area (Å²) in [5.74, 6) is -1.98. The lowest BCUT2D eigenvalue weighted by atomic mass is 10.0. The average Bonchev–Trinajstić information content (AvgIpc) is 2.59. The summed E-state index contributed by atoms with van der Waals surface area (Å²) in [7, 11) is 0. The molecule has 2 heterocycles. The van der Waals surface area contributed by atoms with Crippen LogP contribution in [0.4, 0.5) is 0 Å². The number of carbonyl (C=O) groups is 3. The number of thioether (sulfide) groups is 1. The quantitative estimate of drug-likeness (QED) is 0.672. The molecule has 0 radical (unpaired) electrons. The summed E-state index contributed by atoms with van der Waals surface area (Å²) in [6.45, 7) is 0. The average molecular weight is 368 g/mol. The topological polar surface area (TPSA) is 113 Å². The fourth-order valence-electron chi connectivity index (χ4n) is 2.64. The Morgan fingerprint density at radius 3 is 2.67 bits per heavy atom. The molecular weight excluding hydrogens is 354 g/mol. The number of halogens is 1. The summed E-state index contributed by atoms with van der Waals surface area (Å²) in [6, 6.07) is 7.07. The first-order chi connectivity index (χ1) is 11.4. The van der Waals surface area contributed by atoms with E-state index in [1.807, 2.05) is 6.07 Å². The summed E-state index contributed by atoms with van der Waals surface area (Å²) >= 11 is 7.20. The van der Waals surface area contributed by atoms with E-state index < -0.39 is 35.2 Å². The highest BCUT2D eigenvalue weighted by atomic mass is 35.5. The van der Waals surface area contributed by atoms with Gasteiger partial charge in [0.2, 0.25) is 5.91 Å². The minimum atomic E-state index is -1.26. The summed E-state index contributed by atoms with van der Waals surface area (Å²) in [5.41, 5.74) is 6.32. The third-order valence-corrected chi connectivity index (χ3v) is 5.61. The molecule has 0 unspecified atom stereocenters. The van der Waals surface area contributed by atoms with Crippen molar-refractivity contribution in [2.24, 2.45) is 5.73 Å². The van der Waals surface area contributed by atoms with Gasteiger partial charge in [0.15, 0.2) is 0 Å². The van der Waals surface area contributed by atoms with Gasteiger partial charge in [0.05, 0.1) is 5.03 Å². The second-order valence-corrected chi connectivity index (χ2v) is 6.90. The van der Waals surface area contributed by atoms with Gasteiger partial charge in [-0.2, -0.15) is 0 Å². The number of carboxylic acid groups (broad SMARTS) is 1. The molecule has 0 aliphatic carbocycles. The van der Waals surface area contributed by atoms with Crippen molar-refractivity contribution >= 4 is 41.1 Å². The minimum Gasteiger partial charge on any atom is -0.477 e. The van der Waals surface area contributed by atoms with E-state index in [1.54, 1.807) is 24.3 Å². The van der Waals surface area contributed by atoms with Crippen molar-refractivity contribution in [2.75, 3.05) is 5.75 Å². The van der Waals surface area contributed by atoms with Gasteiger partial charge in [0.1, 0.15) is 23.2 Å². The number of rotatable bonds is 4. The third-order valence-electron chi connectivity index (χ3n) is 3.86. The summed E-state index contributed by atoms with van der Waals surface area (Å²) in [6.07, 6.45) is 0. The largest absolute Gasteiger partial charge is 0.477 e. The van der Waals surface area contributed by atoms with Crippen LogP contribution in [0.25, 0.3) is 0 Å².